The Kier molecular flexibility index (Phi) is 3.50. The molecule has 1 saturated carbocycles. The predicted octanol–water partition coefficient (Wildman–Crippen LogP) is 0.779. The molecule has 0 bridgehead atoms. The van der Waals surface area contributed by atoms with Gasteiger partial charge in [-0.3, -0.25) is 9.69 Å². The van der Waals surface area contributed by atoms with Crippen molar-refractivity contribution in [3.63, 3.8) is 0 Å². The van der Waals surface area contributed by atoms with Crippen LogP contribution >= 0.6 is 0 Å². The first-order valence-corrected chi connectivity index (χ1v) is 6.24. The van der Waals surface area contributed by atoms with Crippen molar-refractivity contribution in [2.24, 2.45) is 11.8 Å². The molecule has 4 nitrogen and oxygen atoms in total. The normalized spacial score (nSPS) is 40.4. The van der Waals surface area contributed by atoms with Gasteiger partial charge in [-0.2, -0.15) is 0 Å². The van der Waals surface area contributed by atoms with Crippen LogP contribution in [-0.2, 0) is 4.79 Å². The quantitative estimate of drug-likeness (QED) is 0.746. The molecule has 0 radical (unpaired) electrons. The van der Waals surface area contributed by atoms with E-state index < -0.39 is 5.97 Å². The highest BCUT2D eigenvalue weighted by Gasteiger charge is 2.38. The van der Waals surface area contributed by atoms with E-state index in [1.165, 1.54) is 12.8 Å². The molecule has 0 aromatic rings. The van der Waals surface area contributed by atoms with Gasteiger partial charge in [-0.25, -0.2) is 0 Å². The van der Waals surface area contributed by atoms with Gasteiger partial charge in [-0.15, -0.1) is 0 Å². The van der Waals surface area contributed by atoms with Gasteiger partial charge in [-0.05, 0) is 32.2 Å². The summed E-state index contributed by atoms with van der Waals surface area (Å²) in [5.74, 6) is -0.0114. The van der Waals surface area contributed by atoms with Crippen molar-refractivity contribution in [3.05, 3.63) is 0 Å². The van der Waals surface area contributed by atoms with Crippen LogP contribution in [0, 0.1) is 11.8 Å². The summed E-state index contributed by atoms with van der Waals surface area (Å²) in [6, 6.07) is 0.971. The summed E-state index contributed by atoms with van der Waals surface area (Å²) in [6.45, 7) is 4.02. The molecule has 0 aromatic heterocycles. The van der Waals surface area contributed by atoms with Crippen LogP contribution in [-0.4, -0.2) is 48.2 Å². The Hall–Kier alpha value is -0.610. The number of likely N-dealkylation sites (tertiary alicyclic amines) is 1. The summed E-state index contributed by atoms with van der Waals surface area (Å²) in [5.41, 5.74) is 0. The van der Waals surface area contributed by atoms with Crippen molar-refractivity contribution >= 4 is 5.97 Å². The molecule has 0 amide bonds. The standard InChI is InChI=1S/C12H22N2O2/c1-8-3-11(4-8)14-6-9(12(15)16)5-10(7-14)13-2/h8-11,13H,3-7H2,1-2H3,(H,15,16). The molecule has 0 aromatic carbocycles. The van der Waals surface area contributed by atoms with Gasteiger partial charge >= 0.3 is 5.97 Å². The zero-order chi connectivity index (χ0) is 11.7. The average molecular weight is 226 g/mol. The first-order chi connectivity index (χ1) is 7.60. The van der Waals surface area contributed by atoms with Gasteiger partial charge in [0.25, 0.3) is 0 Å². The highest BCUT2D eigenvalue weighted by molar-refractivity contribution is 5.70. The van der Waals surface area contributed by atoms with Crippen LogP contribution in [0.25, 0.3) is 0 Å². The SMILES string of the molecule is CNC1CC(C(=O)O)CN(C2CC(C)C2)C1. The Balaban J connectivity index is 1.94. The molecule has 0 spiro atoms. The van der Waals surface area contributed by atoms with Crippen LogP contribution in [0.2, 0.25) is 0 Å². The molecule has 1 heterocycles. The van der Waals surface area contributed by atoms with Crippen molar-refractivity contribution in [2.45, 2.75) is 38.3 Å². The highest BCUT2D eigenvalue weighted by atomic mass is 16.4. The number of likely N-dealkylation sites (N-methyl/N-ethyl adjacent to an activating group) is 1. The van der Waals surface area contributed by atoms with E-state index >= 15 is 0 Å². The van der Waals surface area contributed by atoms with Crippen molar-refractivity contribution in [2.75, 3.05) is 20.1 Å². The van der Waals surface area contributed by atoms with Gasteiger partial charge in [-0.1, -0.05) is 6.92 Å². The number of carboxylic acids is 1. The number of piperidine rings is 1. The third-order valence-corrected chi connectivity index (χ3v) is 4.10. The molecule has 1 aliphatic carbocycles. The zero-order valence-electron chi connectivity index (χ0n) is 10.1. The topological polar surface area (TPSA) is 52.6 Å². The average Bonchev–Trinajstić information content (AvgIpc) is 2.24. The maximum atomic E-state index is 11.1. The smallest absolute Gasteiger partial charge is 0.307 e. The third-order valence-electron chi connectivity index (χ3n) is 4.10. The van der Waals surface area contributed by atoms with Gasteiger partial charge in [0.05, 0.1) is 5.92 Å². The van der Waals surface area contributed by atoms with E-state index in [-0.39, 0.29) is 5.92 Å². The van der Waals surface area contributed by atoms with Crippen molar-refractivity contribution in [3.8, 4) is 0 Å². The second-order valence-corrected chi connectivity index (χ2v) is 5.44. The lowest BCUT2D eigenvalue weighted by molar-refractivity contribution is -0.144. The number of rotatable bonds is 3. The maximum absolute atomic E-state index is 11.1. The lowest BCUT2D eigenvalue weighted by Gasteiger charge is -2.46. The minimum absolute atomic E-state index is 0.192. The fourth-order valence-electron chi connectivity index (χ4n) is 2.98. The third kappa shape index (κ3) is 2.38. The Morgan fingerprint density at radius 3 is 2.50 bits per heavy atom. The van der Waals surface area contributed by atoms with E-state index in [9.17, 15) is 4.79 Å². The Labute approximate surface area is 97.0 Å². The minimum Gasteiger partial charge on any atom is -0.481 e. The van der Waals surface area contributed by atoms with E-state index in [1.807, 2.05) is 7.05 Å². The van der Waals surface area contributed by atoms with Crippen LogP contribution in [0.3, 0.4) is 0 Å². The number of hydrogen-bond acceptors (Lipinski definition) is 3. The van der Waals surface area contributed by atoms with E-state index in [2.05, 4.69) is 17.1 Å². The number of carboxylic acid groups (broad SMARTS) is 1. The second kappa shape index (κ2) is 4.72. The molecule has 2 atom stereocenters. The van der Waals surface area contributed by atoms with E-state index in [4.69, 9.17) is 5.11 Å². The van der Waals surface area contributed by atoms with Gasteiger partial charge in [0.15, 0.2) is 0 Å². The second-order valence-electron chi connectivity index (χ2n) is 5.44. The summed E-state index contributed by atoms with van der Waals surface area (Å²) in [7, 11) is 1.93. The first-order valence-electron chi connectivity index (χ1n) is 6.24. The summed E-state index contributed by atoms with van der Waals surface area (Å²) in [5, 5.41) is 12.4. The monoisotopic (exact) mass is 226 g/mol. The minimum atomic E-state index is -0.641. The van der Waals surface area contributed by atoms with Gasteiger partial charge in [0, 0.05) is 25.2 Å². The lowest BCUT2D eigenvalue weighted by Crippen LogP contribution is -2.56. The van der Waals surface area contributed by atoms with E-state index in [0.717, 1.165) is 25.4 Å². The van der Waals surface area contributed by atoms with Crippen LogP contribution in [0.1, 0.15) is 26.2 Å². The predicted molar refractivity (Wildman–Crippen MR) is 62.3 cm³/mol. The van der Waals surface area contributed by atoms with Crippen LogP contribution in [0.4, 0.5) is 0 Å². The molecule has 16 heavy (non-hydrogen) atoms. The Morgan fingerprint density at radius 2 is 2.00 bits per heavy atom. The molecular weight excluding hydrogens is 204 g/mol. The lowest BCUT2D eigenvalue weighted by atomic mass is 9.79. The first kappa shape index (κ1) is 11.9. The Bertz CT molecular complexity index is 264. The summed E-state index contributed by atoms with van der Waals surface area (Å²) >= 11 is 0. The van der Waals surface area contributed by atoms with Crippen LogP contribution in [0.15, 0.2) is 0 Å². The van der Waals surface area contributed by atoms with Gasteiger partial charge in [0.2, 0.25) is 0 Å². The number of aliphatic carboxylic acids is 1. The van der Waals surface area contributed by atoms with Crippen molar-refractivity contribution in [1.82, 2.24) is 10.2 Å². The highest BCUT2D eigenvalue weighted by Crippen LogP contribution is 2.33. The molecule has 2 rings (SSSR count). The van der Waals surface area contributed by atoms with E-state index in [1.54, 1.807) is 0 Å². The van der Waals surface area contributed by atoms with Crippen LogP contribution < -0.4 is 5.32 Å². The molecule has 92 valence electrons. The summed E-state index contributed by atoms with van der Waals surface area (Å²) in [6.07, 6.45) is 3.25. The molecule has 2 aliphatic rings. The molecule has 1 aliphatic heterocycles. The molecule has 2 fully saturated rings. The molecule has 4 heteroatoms. The maximum Gasteiger partial charge on any atom is 0.307 e. The molecule has 2 N–H and O–H groups in total. The molecule has 2 unspecified atom stereocenters. The number of hydrogen-bond donors (Lipinski definition) is 2. The fraction of sp³-hybridized carbons (Fsp3) is 0.917. The number of carbonyl (C=O) groups is 1. The van der Waals surface area contributed by atoms with Crippen molar-refractivity contribution < 1.29 is 9.90 Å². The Morgan fingerprint density at radius 1 is 1.31 bits per heavy atom. The van der Waals surface area contributed by atoms with Crippen molar-refractivity contribution in [1.29, 1.82) is 0 Å². The largest absolute Gasteiger partial charge is 0.481 e. The van der Waals surface area contributed by atoms with Gasteiger partial charge < -0.3 is 10.4 Å². The molecular formula is C12H22N2O2. The van der Waals surface area contributed by atoms with Crippen LogP contribution in [0.5, 0.6) is 0 Å². The molecule has 1 saturated heterocycles. The summed E-state index contributed by atoms with van der Waals surface area (Å²) < 4.78 is 0. The number of nitrogens with zero attached hydrogens (tertiary/aromatic N) is 1. The fourth-order valence-corrected chi connectivity index (χ4v) is 2.98. The number of nitrogens with one attached hydrogen (secondary N) is 1. The summed E-state index contributed by atoms with van der Waals surface area (Å²) in [4.78, 5) is 13.5. The van der Waals surface area contributed by atoms with Gasteiger partial charge in [0.1, 0.15) is 0 Å². The van der Waals surface area contributed by atoms with E-state index in [0.29, 0.717) is 12.1 Å². The zero-order valence-corrected chi connectivity index (χ0v) is 10.1.